The molecule has 1 amide bonds. The highest BCUT2D eigenvalue weighted by Crippen LogP contribution is 2.29. The average molecular weight is 487 g/mol. The van der Waals surface area contributed by atoms with E-state index < -0.39 is 11.9 Å². The molecule has 2 aromatic heterocycles. The second-order valence-corrected chi connectivity index (χ2v) is 9.34. The van der Waals surface area contributed by atoms with E-state index in [1.54, 1.807) is 0 Å². The minimum atomic E-state index is -0.502. The van der Waals surface area contributed by atoms with Crippen molar-refractivity contribution in [3.05, 3.63) is 76.8 Å². The molecule has 178 valence electrons. The summed E-state index contributed by atoms with van der Waals surface area (Å²) in [6.45, 7) is 4.29. The topological polar surface area (TPSA) is 84.4 Å². The predicted molar refractivity (Wildman–Crippen MR) is 137 cm³/mol. The Labute approximate surface area is 207 Å². The Bertz CT molecular complexity index is 1370. The highest BCUT2D eigenvalue weighted by molar-refractivity contribution is 7.14. The maximum atomic E-state index is 13.3. The summed E-state index contributed by atoms with van der Waals surface area (Å²) in [4.78, 5) is 37.4. The molecule has 0 spiro atoms. The second-order valence-electron chi connectivity index (χ2n) is 8.48. The van der Waals surface area contributed by atoms with Crippen molar-refractivity contribution in [3.63, 3.8) is 0 Å². The predicted octanol–water partition coefficient (Wildman–Crippen LogP) is 4.92. The number of para-hydroxylation sites is 1. The molecule has 35 heavy (non-hydrogen) atoms. The first-order valence-corrected chi connectivity index (χ1v) is 12.6. The van der Waals surface area contributed by atoms with Crippen LogP contribution in [0, 0.1) is 0 Å². The number of hydrogen-bond acceptors (Lipinski definition) is 7. The van der Waals surface area contributed by atoms with Gasteiger partial charge < -0.3 is 4.74 Å². The molecule has 1 aliphatic heterocycles. The monoisotopic (exact) mass is 486 g/mol. The summed E-state index contributed by atoms with van der Waals surface area (Å²) in [5.74, 6) is -0.926. The molecule has 5 rings (SSSR count). The second kappa shape index (κ2) is 10.3. The largest absolute Gasteiger partial charge is 0.452 e. The number of esters is 1. The van der Waals surface area contributed by atoms with E-state index in [0.29, 0.717) is 17.2 Å². The lowest BCUT2D eigenvalue weighted by molar-refractivity contribution is -0.119. The number of carbonyl (C=O) groups is 2. The molecule has 4 aromatic rings. The van der Waals surface area contributed by atoms with E-state index in [2.05, 4.69) is 22.1 Å². The summed E-state index contributed by atoms with van der Waals surface area (Å²) in [7, 11) is 0. The van der Waals surface area contributed by atoms with Crippen molar-refractivity contribution >= 4 is 39.2 Å². The number of ether oxygens (including phenoxy) is 1. The van der Waals surface area contributed by atoms with Gasteiger partial charge in [-0.25, -0.2) is 9.78 Å². The van der Waals surface area contributed by atoms with Crippen LogP contribution >= 0.6 is 11.3 Å². The molecule has 0 radical (unpaired) electrons. The summed E-state index contributed by atoms with van der Waals surface area (Å²) < 4.78 is 5.50. The van der Waals surface area contributed by atoms with Crippen molar-refractivity contribution in [2.75, 3.05) is 25.0 Å². The number of aromatic nitrogens is 2. The molecule has 1 aliphatic rings. The Balaban J connectivity index is 1.31. The van der Waals surface area contributed by atoms with Gasteiger partial charge in [0.25, 0.3) is 5.91 Å². The quantitative estimate of drug-likeness (QED) is 0.373. The van der Waals surface area contributed by atoms with E-state index >= 15 is 0 Å². The third-order valence-corrected chi connectivity index (χ3v) is 6.78. The lowest BCUT2D eigenvalue weighted by Crippen LogP contribution is -2.33. The Hall–Kier alpha value is -3.62. The van der Waals surface area contributed by atoms with Crippen LogP contribution < -0.4 is 5.32 Å². The number of thiazole rings is 1. The van der Waals surface area contributed by atoms with Crippen molar-refractivity contribution in [2.45, 2.75) is 26.3 Å². The SMILES string of the molecule is CCCN1CCc2nc3ccccc3c(C(=O)OCC(=O)Nc3nc(-c4ccccc4)cs3)c2C1. The lowest BCUT2D eigenvalue weighted by Gasteiger charge is -2.29. The highest BCUT2D eigenvalue weighted by Gasteiger charge is 2.26. The van der Waals surface area contributed by atoms with Crippen molar-refractivity contribution < 1.29 is 14.3 Å². The number of fused-ring (bicyclic) bond motifs is 2. The number of nitrogens with one attached hydrogen (secondary N) is 1. The van der Waals surface area contributed by atoms with Gasteiger partial charge in [-0.3, -0.25) is 20.0 Å². The van der Waals surface area contributed by atoms with Crippen LogP contribution in [0.1, 0.15) is 35.0 Å². The third kappa shape index (κ3) is 5.08. The van der Waals surface area contributed by atoms with E-state index in [1.807, 2.05) is 60.0 Å². The molecule has 0 saturated carbocycles. The van der Waals surface area contributed by atoms with Gasteiger partial charge in [-0.1, -0.05) is 55.5 Å². The molecule has 0 fully saturated rings. The van der Waals surface area contributed by atoms with Crippen LogP contribution in [0.4, 0.5) is 5.13 Å². The molecule has 3 heterocycles. The first-order valence-electron chi connectivity index (χ1n) is 11.7. The van der Waals surface area contributed by atoms with E-state index in [0.717, 1.165) is 59.3 Å². The molecule has 8 heteroatoms. The Morgan fingerprint density at radius 2 is 1.89 bits per heavy atom. The van der Waals surface area contributed by atoms with Crippen molar-refractivity contribution in [1.82, 2.24) is 14.9 Å². The molecular formula is C27H26N4O3S. The maximum Gasteiger partial charge on any atom is 0.339 e. The summed E-state index contributed by atoms with van der Waals surface area (Å²) >= 11 is 1.33. The van der Waals surface area contributed by atoms with Crippen LogP contribution in [-0.4, -0.2) is 46.4 Å². The fourth-order valence-corrected chi connectivity index (χ4v) is 5.15. The zero-order chi connectivity index (χ0) is 24.2. The molecule has 0 atom stereocenters. The van der Waals surface area contributed by atoms with Gasteiger partial charge in [0.15, 0.2) is 11.7 Å². The Morgan fingerprint density at radius 1 is 1.09 bits per heavy atom. The number of rotatable bonds is 7. The van der Waals surface area contributed by atoms with Crippen LogP contribution in [0.15, 0.2) is 60.0 Å². The van der Waals surface area contributed by atoms with Gasteiger partial charge in [0.1, 0.15) is 0 Å². The number of pyridine rings is 1. The first-order chi connectivity index (χ1) is 17.1. The van der Waals surface area contributed by atoms with Crippen LogP contribution in [-0.2, 0) is 22.5 Å². The molecule has 7 nitrogen and oxygen atoms in total. The van der Waals surface area contributed by atoms with Crippen LogP contribution in [0.5, 0.6) is 0 Å². The summed E-state index contributed by atoms with van der Waals surface area (Å²) in [6, 6.07) is 17.3. The molecule has 1 N–H and O–H groups in total. The zero-order valence-corrected chi connectivity index (χ0v) is 20.3. The fraction of sp³-hybridized carbons (Fsp3) is 0.259. The minimum Gasteiger partial charge on any atom is -0.452 e. The lowest BCUT2D eigenvalue weighted by atomic mass is 9.95. The van der Waals surface area contributed by atoms with E-state index in [-0.39, 0.29) is 6.61 Å². The number of hydrogen-bond donors (Lipinski definition) is 1. The Morgan fingerprint density at radius 3 is 2.71 bits per heavy atom. The van der Waals surface area contributed by atoms with Gasteiger partial charge in [-0.15, -0.1) is 11.3 Å². The van der Waals surface area contributed by atoms with Gasteiger partial charge in [-0.05, 0) is 19.0 Å². The molecule has 0 bridgehead atoms. The number of carbonyl (C=O) groups excluding carboxylic acids is 2. The highest BCUT2D eigenvalue weighted by atomic mass is 32.1. The summed E-state index contributed by atoms with van der Waals surface area (Å²) in [6.07, 6.45) is 1.83. The number of anilines is 1. The third-order valence-electron chi connectivity index (χ3n) is 6.02. The van der Waals surface area contributed by atoms with Crippen molar-refractivity contribution in [2.24, 2.45) is 0 Å². The Kier molecular flexibility index (Phi) is 6.83. The van der Waals surface area contributed by atoms with Crippen LogP contribution in [0.3, 0.4) is 0 Å². The smallest absolute Gasteiger partial charge is 0.339 e. The standard InChI is InChI=1S/C27H26N4O3S/c1-2-13-31-14-12-22-20(15-31)25(19-10-6-7-11-21(19)28-22)26(33)34-16-24(32)30-27-29-23(17-35-27)18-8-4-3-5-9-18/h3-11,17H,2,12-16H2,1H3,(H,29,30,32). The minimum absolute atomic E-state index is 0.386. The normalized spacial score (nSPS) is 13.4. The van der Waals surface area contributed by atoms with E-state index in [9.17, 15) is 9.59 Å². The van der Waals surface area contributed by atoms with Gasteiger partial charge in [0.05, 0.1) is 16.8 Å². The molecular weight excluding hydrogens is 460 g/mol. The molecule has 2 aromatic carbocycles. The van der Waals surface area contributed by atoms with Crippen LogP contribution in [0.2, 0.25) is 0 Å². The van der Waals surface area contributed by atoms with Crippen molar-refractivity contribution in [1.29, 1.82) is 0 Å². The van der Waals surface area contributed by atoms with Crippen molar-refractivity contribution in [3.8, 4) is 11.3 Å². The number of nitrogens with zero attached hydrogens (tertiary/aromatic N) is 3. The fourth-order valence-electron chi connectivity index (χ4n) is 4.42. The van der Waals surface area contributed by atoms with E-state index in [4.69, 9.17) is 9.72 Å². The summed E-state index contributed by atoms with van der Waals surface area (Å²) in [5, 5.41) is 5.83. The number of amides is 1. The van der Waals surface area contributed by atoms with E-state index in [1.165, 1.54) is 11.3 Å². The van der Waals surface area contributed by atoms with Gasteiger partial charge in [-0.2, -0.15) is 0 Å². The maximum absolute atomic E-state index is 13.3. The first kappa shape index (κ1) is 23.1. The van der Waals surface area contributed by atoms with Gasteiger partial charge >= 0.3 is 5.97 Å². The van der Waals surface area contributed by atoms with Gasteiger partial charge in [0.2, 0.25) is 0 Å². The summed E-state index contributed by atoms with van der Waals surface area (Å²) in [5.41, 5.74) is 4.88. The average Bonchev–Trinajstić information content (AvgIpc) is 3.35. The molecule has 0 saturated heterocycles. The van der Waals surface area contributed by atoms with Gasteiger partial charge in [0, 0.05) is 47.1 Å². The van der Waals surface area contributed by atoms with Crippen LogP contribution in [0.25, 0.3) is 22.2 Å². The molecule has 0 unspecified atom stereocenters. The molecule has 0 aliphatic carbocycles. The number of benzene rings is 2. The zero-order valence-electron chi connectivity index (χ0n) is 19.5.